The van der Waals surface area contributed by atoms with E-state index in [0.717, 1.165) is 19.5 Å². The monoisotopic (exact) mass is 183 g/mol. The summed E-state index contributed by atoms with van der Waals surface area (Å²) in [4.78, 5) is 2.34. The van der Waals surface area contributed by atoms with Crippen molar-refractivity contribution in [2.24, 2.45) is 0 Å². The second-order valence-electron chi connectivity index (χ2n) is 3.35. The van der Waals surface area contributed by atoms with Crippen LogP contribution in [0.4, 0.5) is 5.69 Å². The second-order valence-corrected chi connectivity index (χ2v) is 3.35. The van der Waals surface area contributed by atoms with E-state index < -0.39 is 0 Å². The van der Waals surface area contributed by atoms with E-state index in [9.17, 15) is 0 Å². The molecule has 0 amide bonds. The quantitative estimate of drug-likeness (QED) is 0.418. The van der Waals surface area contributed by atoms with Crippen LogP contribution in [0.15, 0.2) is 24.3 Å². The van der Waals surface area contributed by atoms with Crippen LogP contribution in [0.5, 0.6) is 0 Å². The number of benzene rings is 1. The summed E-state index contributed by atoms with van der Waals surface area (Å²) in [6.45, 7) is 2.10. The number of methoxy groups -OCH3 is 1. The predicted octanol–water partition coefficient (Wildman–Crippen LogP) is -1.28. The zero-order valence-electron chi connectivity index (χ0n) is 8.86. The van der Waals surface area contributed by atoms with E-state index in [0.29, 0.717) is 6.10 Å². The molecule has 1 aliphatic heterocycles. The van der Waals surface area contributed by atoms with Crippen molar-refractivity contribution in [2.45, 2.75) is 12.5 Å². The number of ether oxygens (including phenoxy) is 1. The van der Waals surface area contributed by atoms with Crippen molar-refractivity contribution in [3.8, 4) is 0 Å². The summed E-state index contributed by atoms with van der Waals surface area (Å²) in [5.74, 6) is 0. The molecule has 0 saturated carbocycles. The molecule has 1 heterocycles. The van der Waals surface area contributed by atoms with Crippen molar-refractivity contribution >= 4 is 5.69 Å². The van der Waals surface area contributed by atoms with Gasteiger partial charge in [-0.1, -0.05) is 5.69 Å². The molecule has 1 aromatic carbocycles. The molecule has 1 unspecified atom stereocenters. The summed E-state index contributed by atoms with van der Waals surface area (Å²) < 4.78 is 5.31. The predicted molar refractivity (Wildman–Crippen MR) is 52.9 cm³/mol. The van der Waals surface area contributed by atoms with E-state index in [2.05, 4.69) is 17.0 Å². The molecule has 1 aliphatic rings. The van der Waals surface area contributed by atoms with Gasteiger partial charge in [0.2, 0.25) is 0 Å². The van der Waals surface area contributed by atoms with Gasteiger partial charge in [-0.05, 0) is 6.42 Å². The van der Waals surface area contributed by atoms with Crippen LogP contribution in [-0.4, -0.2) is 26.3 Å². The molecule has 0 aromatic heterocycles. The first-order valence-electron chi connectivity index (χ1n) is 4.64. The second kappa shape index (κ2) is 5.46. The van der Waals surface area contributed by atoms with Gasteiger partial charge in [-0.25, -0.2) is 0 Å². The van der Waals surface area contributed by atoms with E-state index in [1.165, 1.54) is 5.69 Å². The summed E-state index contributed by atoms with van der Waals surface area (Å²) in [6, 6.07) is 11.2. The molecule has 2 rings (SSSR count). The van der Waals surface area contributed by atoms with Crippen LogP contribution in [-0.2, 0) is 4.74 Å². The van der Waals surface area contributed by atoms with Crippen LogP contribution in [0.2, 0.25) is 0 Å². The molecule has 1 atom stereocenters. The summed E-state index contributed by atoms with van der Waals surface area (Å²) in [7, 11) is 1.78. The molecule has 0 spiro atoms. The number of hydrogen-bond donors (Lipinski definition) is 0. The Bertz CT molecular complexity index is 265. The Labute approximate surface area is 97.4 Å². The Morgan fingerprint density at radius 2 is 2.43 bits per heavy atom. The van der Waals surface area contributed by atoms with E-state index in [4.69, 9.17) is 4.74 Å². The summed E-state index contributed by atoms with van der Waals surface area (Å²) >= 11 is 0. The van der Waals surface area contributed by atoms with Crippen LogP contribution in [0.1, 0.15) is 6.42 Å². The number of nitrogens with zero attached hydrogens (tertiary/aromatic N) is 1. The summed E-state index contributed by atoms with van der Waals surface area (Å²) in [5, 5.41) is 0. The molecule has 0 N–H and O–H groups in total. The molecular weight excluding hydrogens is 169 g/mol. The van der Waals surface area contributed by atoms with E-state index in [1.807, 2.05) is 18.2 Å². The molecule has 3 heteroatoms. The fourth-order valence-electron chi connectivity index (χ4n) is 1.74. The molecule has 2 nitrogen and oxygen atoms in total. The Hall–Kier alpha value is -0.423. The van der Waals surface area contributed by atoms with Crippen LogP contribution in [0.3, 0.4) is 0 Å². The Balaban J connectivity index is 0.000000980. The average molecular weight is 183 g/mol. The largest absolute Gasteiger partial charge is 1.00 e. The van der Waals surface area contributed by atoms with E-state index >= 15 is 0 Å². The van der Waals surface area contributed by atoms with Gasteiger partial charge in [0, 0.05) is 20.2 Å². The maximum atomic E-state index is 5.31. The first-order chi connectivity index (χ1) is 6.40. The molecule has 0 radical (unpaired) electrons. The fraction of sp³-hybridized carbons (Fsp3) is 0.455. The van der Waals surface area contributed by atoms with E-state index in [-0.39, 0.29) is 18.9 Å². The number of anilines is 1. The standard InChI is InChI=1S/C11H14NO.Li/c1-13-11-7-8-12(9-11)10-5-3-2-4-6-10;/h2-3,5-6,11H,7-9H2,1H3;/q-1;+1. The van der Waals surface area contributed by atoms with Gasteiger partial charge in [0.1, 0.15) is 0 Å². The van der Waals surface area contributed by atoms with Crippen molar-refractivity contribution in [3.05, 3.63) is 30.3 Å². The van der Waals surface area contributed by atoms with Gasteiger partial charge in [0.25, 0.3) is 0 Å². The fourth-order valence-corrected chi connectivity index (χ4v) is 1.74. The third kappa shape index (κ3) is 2.54. The topological polar surface area (TPSA) is 12.5 Å². The van der Waals surface area contributed by atoms with Gasteiger partial charge in [-0.15, -0.1) is 6.07 Å². The summed E-state index contributed by atoms with van der Waals surface area (Å²) in [5.41, 5.74) is 1.25. The average Bonchev–Trinajstić information content (AvgIpc) is 2.67. The molecule has 0 aliphatic carbocycles. The first kappa shape index (κ1) is 11.7. The van der Waals surface area contributed by atoms with Crippen LogP contribution in [0.25, 0.3) is 0 Å². The molecule has 1 saturated heterocycles. The van der Waals surface area contributed by atoms with Gasteiger partial charge in [-0.2, -0.15) is 24.3 Å². The Morgan fingerprint density at radius 3 is 3.00 bits per heavy atom. The van der Waals surface area contributed by atoms with Crippen LogP contribution >= 0.6 is 0 Å². The minimum absolute atomic E-state index is 0. The molecule has 1 aromatic rings. The maximum absolute atomic E-state index is 5.31. The van der Waals surface area contributed by atoms with Crippen molar-refractivity contribution < 1.29 is 23.6 Å². The van der Waals surface area contributed by atoms with Crippen molar-refractivity contribution in [1.82, 2.24) is 0 Å². The first-order valence-corrected chi connectivity index (χ1v) is 4.64. The maximum Gasteiger partial charge on any atom is 1.00 e. The zero-order valence-corrected chi connectivity index (χ0v) is 8.86. The molecular formula is C11H14LiNO. The summed E-state index contributed by atoms with van der Waals surface area (Å²) in [6.07, 6.45) is 1.53. The Morgan fingerprint density at radius 1 is 1.57 bits per heavy atom. The van der Waals surface area contributed by atoms with Gasteiger partial charge in [-0.3, -0.25) is 0 Å². The minimum atomic E-state index is 0. The van der Waals surface area contributed by atoms with Crippen molar-refractivity contribution in [1.29, 1.82) is 0 Å². The number of rotatable bonds is 2. The third-order valence-corrected chi connectivity index (χ3v) is 2.53. The smallest absolute Gasteiger partial charge is 0.421 e. The Kier molecular flexibility index (Phi) is 4.54. The molecule has 1 fully saturated rings. The van der Waals surface area contributed by atoms with Gasteiger partial charge in [0.05, 0.1) is 6.10 Å². The van der Waals surface area contributed by atoms with Crippen LogP contribution < -0.4 is 23.8 Å². The molecule has 0 bridgehead atoms. The van der Waals surface area contributed by atoms with Crippen molar-refractivity contribution in [2.75, 3.05) is 25.1 Å². The molecule has 70 valence electrons. The minimum Gasteiger partial charge on any atom is -0.421 e. The SMILES string of the molecule is COC1CCN(c2c[c-]ccc2)C1.[Li+]. The molecule has 14 heavy (non-hydrogen) atoms. The van der Waals surface area contributed by atoms with Gasteiger partial charge >= 0.3 is 18.9 Å². The van der Waals surface area contributed by atoms with Crippen molar-refractivity contribution in [3.63, 3.8) is 0 Å². The number of hydrogen-bond acceptors (Lipinski definition) is 2. The van der Waals surface area contributed by atoms with Gasteiger partial charge in [0.15, 0.2) is 0 Å². The van der Waals surface area contributed by atoms with Crippen LogP contribution in [0, 0.1) is 6.07 Å². The van der Waals surface area contributed by atoms with Gasteiger partial charge < -0.3 is 9.64 Å². The zero-order chi connectivity index (χ0) is 9.10. The van der Waals surface area contributed by atoms with E-state index in [1.54, 1.807) is 7.11 Å². The normalized spacial score (nSPS) is 20.6. The third-order valence-electron chi connectivity index (χ3n) is 2.53.